The lowest BCUT2D eigenvalue weighted by atomic mass is 9.86. The van der Waals surface area contributed by atoms with Crippen LogP contribution in [0.3, 0.4) is 0 Å². The Bertz CT molecular complexity index is 1150. The lowest BCUT2D eigenvalue weighted by Crippen LogP contribution is -2.44. The molecule has 2 atom stereocenters. The third kappa shape index (κ3) is 6.06. The number of ether oxygens (including phenoxy) is 1. The number of halogens is 5. The molecule has 1 aliphatic rings. The summed E-state index contributed by atoms with van der Waals surface area (Å²) in [5.41, 5.74) is -3.79. The number of Topliss-reactive ketones (excluding diaryl/α,β-unsaturated/α-hetero) is 1. The summed E-state index contributed by atoms with van der Waals surface area (Å²) in [4.78, 5) is 30.5. The van der Waals surface area contributed by atoms with E-state index in [0.717, 1.165) is 12.1 Å². The number of carbonyl (C=O) groups excluding carboxylic acids is 2. The summed E-state index contributed by atoms with van der Waals surface area (Å²) in [6.07, 6.45) is -7.02. The molecule has 1 heterocycles. The van der Waals surface area contributed by atoms with Gasteiger partial charge in [0.15, 0.2) is 11.4 Å². The van der Waals surface area contributed by atoms with Gasteiger partial charge in [-0.2, -0.15) is 13.2 Å². The number of alkyl halides is 3. The van der Waals surface area contributed by atoms with Crippen LogP contribution < -0.4 is 5.32 Å². The fraction of sp³-hybridized carbons (Fsp3) is 0.348. The number of ketones is 1. The second-order valence-electron chi connectivity index (χ2n) is 7.84. The number of benzene rings is 2. The molecule has 2 N–H and O–H groups in total. The van der Waals surface area contributed by atoms with E-state index in [2.05, 4.69) is 10.5 Å². The van der Waals surface area contributed by atoms with Crippen molar-refractivity contribution in [2.75, 3.05) is 6.61 Å². The zero-order valence-corrected chi connectivity index (χ0v) is 20.1. The maximum atomic E-state index is 13.9. The Hall–Kier alpha value is -2.82. The van der Waals surface area contributed by atoms with Crippen molar-refractivity contribution in [2.24, 2.45) is 5.16 Å². The van der Waals surface area contributed by atoms with E-state index in [-0.39, 0.29) is 27.6 Å². The topological polar surface area (TPSA) is 97.2 Å². The molecule has 2 aromatic rings. The van der Waals surface area contributed by atoms with Crippen molar-refractivity contribution in [3.05, 3.63) is 68.7 Å². The SMILES string of the molecule is CCOC1=NOC(NC(=O)c2ccc(C(=O)CC(O)(c3cc(Cl)cc(Cl)c3)C(F)(F)F)cc2C)C1. The molecule has 3 rings (SSSR count). The first kappa shape index (κ1) is 26.8. The summed E-state index contributed by atoms with van der Waals surface area (Å²) in [7, 11) is 0. The van der Waals surface area contributed by atoms with Crippen LogP contribution >= 0.6 is 23.2 Å². The molecule has 1 amide bonds. The van der Waals surface area contributed by atoms with Crippen LogP contribution in [0.4, 0.5) is 13.2 Å². The smallest absolute Gasteiger partial charge is 0.421 e. The molecule has 0 radical (unpaired) electrons. The summed E-state index contributed by atoms with van der Waals surface area (Å²) < 4.78 is 46.8. The van der Waals surface area contributed by atoms with Gasteiger partial charge in [-0.05, 0) is 60.5 Å². The van der Waals surface area contributed by atoms with E-state index < -0.39 is 41.7 Å². The Labute approximate surface area is 208 Å². The average Bonchev–Trinajstić information content (AvgIpc) is 3.19. The van der Waals surface area contributed by atoms with Crippen LogP contribution in [0.5, 0.6) is 0 Å². The Morgan fingerprint density at radius 1 is 1.20 bits per heavy atom. The van der Waals surface area contributed by atoms with Crippen molar-refractivity contribution in [2.45, 2.75) is 44.7 Å². The Balaban J connectivity index is 1.78. The Kier molecular flexibility index (Phi) is 7.98. The third-order valence-electron chi connectivity index (χ3n) is 5.26. The summed E-state index contributed by atoms with van der Waals surface area (Å²) in [5.74, 6) is -1.18. The normalized spacial score (nSPS) is 17.3. The molecule has 0 aromatic heterocycles. The number of hydrogen-bond acceptors (Lipinski definition) is 6. The fourth-order valence-electron chi connectivity index (χ4n) is 3.49. The van der Waals surface area contributed by atoms with Crippen molar-refractivity contribution < 1.29 is 37.4 Å². The van der Waals surface area contributed by atoms with Crippen LogP contribution in [-0.2, 0) is 15.2 Å². The van der Waals surface area contributed by atoms with Crippen LogP contribution in [0.2, 0.25) is 10.0 Å². The molecule has 0 saturated carbocycles. The van der Waals surface area contributed by atoms with E-state index >= 15 is 0 Å². The highest BCUT2D eigenvalue weighted by atomic mass is 35.5. The predicted molar refractivity (Wildman–Crippen MR) is 123 cm³/mol. The second kappa shape index (κ2) is 10.4. The van der Waals surface area contributed by atoms with E-state index in [9.17, 15) is 27.9 Å². The minimum absolute atomic E-state index is 0.117. The molecule has 0 fully saturated rings. The van der Waals surface area contributed by atoms with Gasteiger partial charge < -0.3 is 20.0 Å². The van der Waals surface area contributed by atoms with E-state index in [0.29, 0.717) is 18.1 Å². The molecule has 0 bridgehead atoms. The quantitative estimate of drug-likeness (QED) is 0.480. The van der Waals surface area contributed by atoms with E-state index in [4.69, 9.17) is 32.8 Å². The molecule has 2 unspecified atom stereocenters. The average molecular weight is 533 g/mol. The molecule has 0 spiro atoms. The first-order chi connectivity index (χ1) is 16.3. The Morgan fingerprint density at radius 3 is 2.43 bits per heavy atom. The Morgan fingerprint density at radius 2 is 1.86 bits per heavy atom. The maximum Gasteiger partial charge on any atom is 0.421 e. The van der Waals surface area contributed by atoms with Gasteiger partial charge in [-0.25, -0.2) is 0 Å². The summed E-state index contributed by atoms with van der Waals surface area (Å²) in [5, 5.41) is 16.6. The summed E-state index contributed by atoms with van der Waals surface area (Å²) >= 11 is 11.6. The van der Waals surface area contributed by atoms with Crippen molar-refractivity contribution in [3.8, 4) is 0 Å². The molecule has 1 aliphatic heterocycles. The molecule has 2 aromatic carbocycles. The van der Waals surface area contributed by atoms with Crippen molar-refractivity contribution in [3.63, 3.8) is 0 Å². The monoisotopic (exact) mass is 532 g/mol. The van der Waals surface area contributed by atoms with Gasteiger partial charge in [0, 0.05) is 21.2 Å². The molecular weight excluding hydrogens is 512 g/mol. The van der Waals surface area contributed by atoms with Crippen LogP contribution in [0, 0.1) is 6.92 Å². The number of rotatable bonds is 7. The highest BCUT2D eigenvalue weighted by Crippen LogP contribution is 2.43. The molecule has 35 heavy (non-hydrogen) atoms. The number of nitrogens with zero attached hydrogens (tertiary/aromatic N) is 1. The van der Waals surface area contributed by atoms with E-state index in [1.165, 1.54) is 31.2 Å². The van der Waals surface area contributed by atoms with Gasteiger partial charge in [-0.3, -0.25) is 9.59 Å². The van der Waals surface area contributed by atoms with Crippen LogP contribution in [0.1, 0.15) is 51.6 Å². The third-order valence-corrected chi connectivity index (χ3v) is 5.70. The van der Waals surface area contributed by atoms with Crippen molar-refractivity contribution >= 4 is 40.8 Å². The number of amides is 1. The molecule has 0 aliphatic carbocycles. The molecule has 0 saturated heterocycles. The number of aliphatic hydroxyl groups is 1. The van der Waals surface area contributed by atoms with Gasteiger partial charge in [0.05, 0.1) is 19.4 Å². The highest BCUT2D eigenvalue weighted by Gasteiger charge is 2.56. The largest absolute Gasteiger partial charge is 0.479 e. The molecule has 7 nitrogen and oxygen atoms in total. The fourth-order valence-corrected chi connectivity index (χ4v) is 4.02. The molecule has 188 valence electrons. The maximum absolute atomic E-state index is 13.9. The number of carbonyl (C=O) groups is 2. The van der Waals surface area contributed by atoms with Crippen LogP contribution in [0.15, 0.2) is 41.6 Å². The highest BCUT2D eigenvalue weighted by molar-refractivity contribution is 6.34. The lowest BCUT2D eigenvalue weighted by Gasteiger charge is -2.30. The second-order valence-corrected chi connectivity index (χ2v) is 8.71. The van der Waals surface area contributed by atoms with Gasteiger partial charge in [-0.1, -0.05) is 29.3 Å². The number of aryl methyl sites for hydroxylation is 1. The number of hydrogen-bond donors (Lipinski definition) is 2. The van der Waals surface area contributed by atoms with Crippen LogP contribution in [0.25, 0.3) is 0 Å². The van der Waals surface area contributed by atoms with Gasteiger partial charge in [-0.15, -0.1) is 0 Å². The minimum Gasteiger partial charge on any atom is -0.479 e. The zero-order valence-electron chi connectivity index (χ0n) is 18.6. The van der Waals surface area contributed by atoms with Crippen molar-refractivity contribution in [1.29, 1.82) is 0 Å². The van der Waals surface area contributed by atoms with E-state index in [1.54, 1.807) is 6.92 Å². The first-order valence-electron chi connectivity index (χ1n) is 10.4. The number of nitrogens with one attached hydrogen (secondary N) is 1. The van der Waals surface area contributed by atoms with Gasteiger partial charge >= 0.3 is 6.18 Å². The minimum atomic E-state index is -5.20. The molecule has 12 heteroatoms. The lowest BCUT2D eigenvalue weighted by molar-refractivity contribution is -0.264. The number of oxime groups is 1. The molecular formula is C23H21Cl2F3N2O5. The summed E-state index contributed by atoms with van der Waals surface area (Å²) in [6.45, 7) is 3.70. The van der Waals surface area contributed by atoms with Crippen LogP contribution in [-0.4, -0.2) is 41.7 Å². The summed E-state index contributed by atoms with van der Waals surface area (Å²) in [6, 6.07) is 6.80. The van der Waals surface area contributed by atoms with E-state index in [1.807, 2.05) is 0 Å². The van der Waals surface area contributed by atoms with Crippen molar-refractivity contribution in [1.82, 2.24) is 5.32 Å². The predicted octanol–water partition coefficient (Wildman–Crippen LogP) is 5.15. The zero-order chi connectivity index (χ0) is 26.0. The van der Waals surface area contributed by atoms with Gasteiger partial charge in [0.2, 0.25) is 12.1 Å². The standard InChI is InChI=1S/C23H21Cl2F3N2O5/c1-3-34-20-10-19(35-30-20)29-21(32)17-5-4-13(6-12(17)2)18(31)11-22(33,23(26,27)28)14-7-15(24)9-16(25)8-14/h4-9,19,33H,3,10-11H2,1-2H3,(H,29,32). The van der Waals surface area contributed by atoms with Gasteiger partial charge in [0.25, 0.3) is 5.91 Å². The van der Waals surface area contributed by atoms with Gasteiger partial charge in [0.1, 0.15) is 0 Å². The first-order valence-corrected chi connectivity index (χ1v) is 11.2.